The van der Waals surface area contributed by atoms with E-state index in [-0.39, 0.29) is 0 Å². The molecule has 0 radical (unpaired) electrons. The molecule has 2 unspecified atom stereocenters. The first-order chi connectivity index (χ1) is 10.2. The fraction of sp³-hybridized carbons (Fsp3) is 0.500. The quantitative estimate of drug-likeness (QED) is 0.936. The second kappa shape index (κ2) is 6.26. The maximum Gasteiger partial charge on any atom is 0.229 e. The summed E-state index contributed by atoms with van der Waals surface area (Å²) in [6.45, 7) is 3.21. The summed E-state index contributed by atoms with van der Waals surface area (Å²) in [6.07, 6.45) is 2.78. The Hall–Kier alpha value is -1.88. The number of piperidine rings is 1. The van der Waals surface area contributed by atoms with Crippen molar-refractivity contribution in [1.82, 2.24) is 15.5 Å². The smallest absolute Gasteiger partial charge is 0.229 e. The first-order valence-electron chi connectivity index (χ1n) is 7.43. The van der Waals surface area contributed by atoms with Gasteiger partial charge in [-0.1, -0.05) is 17.3 Å². The third kappa shape index (κ3) is 3.42. The number of methoxy groups -OCH3 is 1. The predicted octanol–water partition coefficient (Wildman–Crippen LogP) is 2.52. The van der Waals surface area contributed by atoms with Crippen molar-refractivity contribution >= 4 is 0 Å². The first-order valence-corrected chi connectivity index (χ1v) is 7.43. The molecule has 5 nitrogen and oxygen atoms in total. The molecule has 1 aromatic heterocycles. The molecule has 0 saturated carbocycles. The van der Waals surface area contributed by atoms with Crippen LogP contribution < -0.4 is 10.1 Å². The van der Waals surface area contributed by atoms with Crippen molar-refractivity contribution in [2.75, 3.05) is 13.7 Å². The Labute approximate surface area is 124 Å². The minimum absolute atomic E-state index is 0.382. The van der Waals surface area contributed by atoms with Crippen molar-refractivity contribution in [1.29, 1.82) is 0 Å². The van der Waals surface area contributed by atoms with Crippen molar-refractivity contribution in [2.24, 2.45) is 0 Å². The number of nitrogens with zero attached hydrogens (tertiary/aromatic N) is 2. The molecule has 1 aliphatic rings. The van der Waals surface area contributed by atoms with Gasteiger partial charge < -0.3 is 14.6 Å². The lowest BCUT2D eigenvalue weighted by atomic mass is 9.93. The number of hydrogen-bond donors (Lipinski definition) is 1. The van der Waals surface area contributed by atoms with Crippen LogP contribution in [0.3, 0.4) is 0 Å². The van der Waals surface area contributed by atoms with Crippen molar-refractivity contribution in [3.8, 4) is 5.75 Å². The Morgan fingerprint density at radius 2 is 2.33 bits per heavy atom. The zero-order valence-electron chi connectivity index (χ0n) is 12.5. The summed E-state index contributed by atoms with van der Waals surface area (Å²) in [5, 5.41) is 7.56. The lowest BCUT2D eigenvalue weighted by Gasteiger charge is -2.25. The van der Waals surface area contributed by atoms with E-state index in [4.69, 9.17) is 9.26 Å². The van der Waals surface area contributed by atoms with Crippen molar-refractivity contribution in [3.63, 3.8) is 0 Å². The fourth-order valence-electron chi connectivity index (χ4n) is 2.83. The van der Waals surface area contributed by atoms with E-state index in [9.17, 15) is 0 Å². The Bertz CT molecular complexity index is 597. The van der Waals surface area contributed by atoms with Gasteiger partial charge in [-0.25, -0.2) is 0 Å². The second-order valence-electron chi connectivity index (χ2n) is 5.65. The van der Waals surface area contributed by atoms with Crippen LogP contribution in [0, 0.1) is 0 Å². The molecule has 1 fully saturated rings. The average molecular weight is 287 g/mol. The van der Waals surface area contributed by atoms with Gasteiger partial charge in [0.25, 0.3) is 0 Å². The van der Waals surface area contributed by atoms with E-state index < -0.39 is 0 Å². The summed E-state index contributed by atoms with van der Waals surface area (Å²) in [5.41, 5.74) is 1.13. The van der Waals surface area contributed by atoms with Crippen LogP contribution in [0.15, 0.2) is 28.8 Å². The molecule has 0 spiro atoms. The highest BCUT2D eigenvalue weighted by atomic mass is 16.5. The molecule has 2 atom stereocenters. The van der Waals surface area contributed by atoms with Gasteiger partial charge >= 0.3 is 0 Å². The maximum atomic E-state index is 5.46. The molecule has 1 saturated heterocycles. The summed E-state index contributed by atoms with van der Waals surface area (Å²) in [6, 6.07) is 8.47. The van der Waals surface area contributed by atoms with Gasteiger partial charge in [-0.15, -0.1) is 0 Å². The van der Waals surface area contributed by atoms with Crippen LogP contribution in [0.1, 0.15) is 43.0 Å². The molecule has 1 N–H and O–H groups in total. The van der Waals surface area contributed by atoms with Gasteiger partial charge in [-0.2, -0.15) is 4.98 Å². The first kappa shape index (κ1) is 14.1. The number of ether oxygens (including phenoxy) is 1. The lowest BCUT2D eigenvalue weighted by molar-refractivity contribution is 0.294. The van der Waals surface area contributed by atoms with Crippen LogP contribution >= 0.6 is 0 Å². The van der Waals surface area contributed by atoms with Crippen LogP contribution in [-0.2, 0) is 6.42 Å². The van der Waals surface area contributed by atoms with E-state index in [0.29, 0.717) is 18.4 Å². The molecule has 2 aromatic rings. The van der Waals surface area contributed by atoms with E-state index in [1.165, 1.54) is 0 Å². The van der Waals surface area contributed by atoms with E-state index in [1.54, 1.807) is 7.11 Å². The Kier molecular flexibility index (Phi) is 4.20. The van der Waals surface area contributed by atoms with Gasteiger partial charge in [0, 0.05) is 18.4 Å². The number of benzene rings is 1. The summed E-state index contributed by atoms with van der Waals surface area (Å²) >= 11 is 0. The van der Waals surface area contributed by atoms with E-state index in [0.717, 1.165) is 42.4 Å². The Morgan fingerprint density at radius 1 is 1.43 bits per heavy atom. The summed E-state index contributed by atoms with van der Waals surface area (Å²) in [4.78, 5) is 4.57. The molecule has 0 bridgehead atoms. The largest absolute Gasteiger partial charge is 0.497 e. The van der Waals surface area contributed by atoms with Gasteiger partial charge in [0.05, 0.1) is 7.11 Å². The van der Waals surface area contributed by atoms with E-state index >= 15 is 0 Å². The zero-order chi connectivity index (χ0) is 14.7. The molecule has 21 heavy (non-hydrogen) atoms. The van der Waals surface area contributed by atoms with Crippen LogP contribution in [0.25, 0.3) is 0 Å². The normalized spacial score (nSPS) is 22.2. The van der Waals surface area contributed by atoms with Crippen molar-refractivity contribution < 1.29 is 9.26 Å². The third-order valence-electron chi connectivity index (χ3n) is 3.95. The molecule has 0 aliphatic carbocycles. The highest BCUT2D eigenvalue weighted by molar-refractivity contribution is 5.30. The van der Waals surface area contributed by atoms with Gasteiger partial charge in [-0.05, 0) is 44.0 Å². The van der Waals surface area contributed by atoms with Crippen LogP contribution in [0.5, 0.6) is 5.75 Å². The monoisotopic (exact) mass is 287 g/mol. The van der Waals surface area contributed by atoms with Gasteiger partial charge in [0.2, 0.25) is 5.89 Å². The summed E-state index contributed by atoms with van der Waals surface area (Å²) in [7, 11) is 1.67. The van der Waals surface area contributed by atoms with Gasteiger partial charge in [0.15, 0.2) is 5.82 Å². The number of rotatable bonds is 4. The number of nitrogens with one attached hydrogen (secondary N) is 1. The SMILES string of the molecule is COc1cccc(Cc2noc(C3CCNC(C)C3)n2)c1. The molecule has 112 valence electrons. The van der Waals surface area contributed by atoms with Crippen LogP contribution in [0.4, 0.5) is 0 Å². The molecule has 5 heteroatoms. The van der Waals surface area contributed by atoms with Crippen LogP contribution in [0.2, 0.25) is 0 Å². The van der Waals surface area contributed by atoms with E-state index in [2.05, 4.69) is 22.4 Å². The topological polar surface area (TPSA) is 60.2 Å². The minimum atomic E-state index is 0.382. The fourth-order valence-corrected chi connectivity index (χ4v) is 2.83. The number of aromatic nitrogens is 2. The van der Waals surface area contributed by atoms with E-state index in [1.807, 2.05) is 24.3 Å². The maximum absolute atomic E-state index is 5.46. The Balaban J connectivity index is 1.69. The molecule has 2 heterocycles. The standard InChI is InChI=1S/C16H21N3O2/c1-11-8-13(6-7-17-11)16-18-15(19-21-16)10-12-4-3-5-14(9-12)20-2/h3-5,9,11,13,17H,6-8,10H2,1-2H3. The highest BCUT2D eigenvalue weighted by Crippen LogP contribution is 2.26. The predicted molar refractivity (Wildman–Crippen MR) is 79.5 cm³/mol. The van der Waals surface area contributed by atoms with Crippen LogP contribution in [-0.4, -0.2) is 29.8 Å². The van der Waals surface area contributed by atoms with Gasteiger partial charge in [0.1, 0.15) is 5.75 Å². The lowest BCUT2D eigenvalue weighted by Crippen LogP contribution is -2.34. The number of hydrogen-bond acceptors (Lipinski definition) is 5. The molecule has 1 aliphatic heterocycles. The average Bonchev–Trinajstić information content (AvgIpc) is 2.96. The molecule has 3 rings (SSSR count). The molecule has 0 amide bonds. The molecular formula is C16H21N3O2. The highest BCUT2D eigenvalue weighted by Gasteiger charge is 2.24. The third-order valence-corrected chi connectivity index (χ3v) is 3.95. The molecule has 1 aromatic carbocycles. The second-order valence-corrected chi connectivity index (χ2v) is 5.65. The Morgan fingerprint density at radius 3 is 3.14 bits per heavy atom. The minimum Gasteiger partial charge on any atom is -0.497 e. The van der Waals surface area contributed by atoms with Crippen molar-refractivity contribution in [2.45, 2.75) is 38.1 Å². The van der Waals surface area contributed by atoms with Crippen molar-refractivity contribution in [3.05, 3.63) is 41.5 Å². The summed E-state index contributed by atoms with van der Waals surface area (Å²) in [5.74, 6) is 2.75. The van der Waals surface area contributed by atoms with Gasteiger partial charge in [-0.3, -0.25) is 0 Å². The summed E-state index contributed by atoms with van der Waals surface area (Å²) < 4.78 is 10.7. The zero-order valence-corrected chi connectivity index (χ0v) is 12.5. The molecular weight excluding hydrogens is 266 g/mol.